The number of amides is 1. The zero-order chi connectivity index (χ0) is 10.7. The summed E-state index contributed by atoms with van der Waals surface area (Å²) in [5, 5.41) is 0. The number of carbonyl (C=O) groups is 1. The van der Waals surface area contributed by atoms with Crippen LogP contribution in [0.2, 0.25) is 0 Å². The maximum Gasteiger partial charge on any atom is 0.234 e. The fraction of sp³-hybridized carbons (Fsp3) is 0.444. The second kappa shape index (κ2) is 4.23. The van der Waals surface area contributed by atoms with Crippen LogP contribution in [-0.2, 0) is 11.3 Å². The predicted molar refractivity (Wildman–Crippen MR) is 51.1 cm³/mol. The van der Waals surface area contributed by atoms with Crippen molar-refractivity contribution in [3.05, 3.63) is 23.8 Å². The Morgan fingerprint density at radius 3 is 2.79 bits per heavy atom. The van der Waals surface area contributed by atoms with Gasteiger partial charge in [-0.2, -0.15) is 0 Å². The Kier molecular flexibility index (Phi) is 3.24. The van der Waals surface area contributed by atoms with E-state index in [1.54, 1.807) is 13.1 Å². The van der Waals surface area contributed by atoms with Crippen molar-refractivity contribution in [3.63, 3.8) is 0 Å². The molecule has 0 saturated heterocycles. The van der Waals surface area contributed by atoms with Crippen LogP contribution in [0.5, 0.6) is 0 Å². The van der Waals surface area contributed by atoms with E-state index < -0.39 is 5.91 Å². The van der Waals surface area contributed by atoms with E-state index in [0.29, 0.717) is 24.1 Å². The van der Waals surface area contributed by atoms with Gasteiger partial charge >= 0.3 is 0 Å². The Labute approximate surface area is 82.9 Å². The first-order chi connectivity index (χ1) is 6.50. The van der Waals surface area contributed by atoms with Crippen molar-refractivity contribution in [2.75, 3.05) is 14.1 Å². The van der Waals surface area contributed by atoms with Gasteiger partial charge in [0, 0.05) is 0 Å². The third-order valence-corrected chi connectivity index (χ3v) is 1.72. The molecule has 1 aromatic heterocycles. The molecule has 1 radical (unpaired) electrons. The largest absolute Gasteiger partial charge is 0.443 e. The Morgan fingerprint density at radius 2 is 2.29 bits per heavy atom. The second-order valence-electron chi connectivity index (χ2n) is 3.36. The lowest BCUT2D eigenvalue weighted by Crippen LogP contribution is -2.19. The summed E-state index contributed by atoms with van der Waals surface area (Å²) in [6, 6.07) is 0. The second-order valence-corrected chi connectivity index (χ2v) is 3.36. The molecule has 0 spiro atoms. The van der Waals surface area contributed by atoms with Crippen molar-refractivity contribution in [3.8, 4) is 0 Å². The first kappa shape index (κ1) is 10.7. The minimum atomic E-state index is -0.511. The predicted octanol–water partition coefficient (Wildman–Crippen LogP) is 0.164. The number of rotatable bonds is 4. The molecular weight excluding hydrogens is 182 g/mol. The van der Waals surface area contributed by atoms with E-state index in [2.05, 4.69) is 4.98 Å². The number of hydrogen-bond donors (Lipinski definition) is 1. The van der Waals surface area contributed by atoms with Gasteiger partial charge in [-0.05, 0) is 21.0 Å². The van der Waals surface area contributed by atoms with Gasteiger partial charge in [0.15, 0.2) is 0 Å². The van der Waals surface area contributed by atoms with Gasteiger partial charge < -0.3 is 15.1 Å². The van der Waals surface area contributed by atoms with E-state index in [4.69, 9.17) is 10.2 Å². The highest BCUT2D eigenvalue weighted by Crippen LogP contribution is 2.14. The molecule has 1 aromatic rings. The molecular formula is C9H14N3O2. The molecule has 1 heterocycles. The summed E-state index contributed by atoms with van der Waals surface area (Å²) in [5.74, 6) is 0.846. The summed E-state index contributed by atoms with van der Waals surface area (Å²) in [4.78, 5) is 16.7. The fourth-order valence-corrected chi connectivity index (χ4v) is 0.971. The fourth-order valence-electron chi connectivity index (χ4n) is 0.971. The number of hydrogen-bond acceptors (Lipinski definition) is 4. The SMILES string of the molecule is C[C](C(N)=O)c1ncc(CN(C)C)o1. The molecule has 5 nitrogen and oxygen atoms in total. The average Bonchev–Trinajstić information content (AvgIpc) is 2.50. The molecule has 2 N–H and O–H groups in total. The molecule has 0 aliphatic heterocycles. The molecule has 0 atom stereocenters. The van der Waals surface area contributed by atoms with Crippen LogP contribution in [0.1, 0.15) is 18.6 Å². The van der Waals surface area contributed by atoms with Gasteiger partial charge in [-0.15, -0.1) is 0 Å². The van der Waals surface area contributed by atoms with Crippen molar-refractivity contribution in [2.24, 2.45) is 5.73 Å². The third-order valence-electron chi connectivity index (χ3n) is 1.72. The van der Waals surface area contributed by atoms with E-state index >= 15 is 0 Å². The number of nitrogens with two attached hydrogens (primary N) is 1. The Bertz CT molecular complexity index is 320. The van der Waals surface area contributed by atoms with E-state index in [-0.39, 0.29) is 0 Å². The number of primary amides is 1. The molecule has 0 unspecified atom stereocenters. The Hall–Kier alpha value is -1.36. The maximum absolute atomic E-state index is 10.8. The first-order valence-corrected chi connectivity index (χ1v) is 4.24. The minimum absolute atomic E-state index is 0.300. The molecule has 0 saturated carbocycles. The number of nitrogens with zero attached hydrogens (tertiary/aromatic N) is 2. The molecule has 1 rings (SSSR count). The number of aromatic nitrogens is 1. The summed E-state index contributed by atoms with van der Waals surface area (Å²) < 4.78 is 5.33. The molecule has 77 valence electrons. The minimum Gasteiger partial charge on any atom is -0.443 e. The van der Waals surface area contributed by atoms with Crippen LogP contribution >= 0.6 is 0 Å². The van der Waals surface area contributed by atoms with Crippen LogP contribution < -0.4 is 5.73 Å². The van der Waals surface area contributed by atoms with E-state index in [0.717, 1.165) is 0 Å². The van der Waals surface area contributed by atoms with Crippen LogP contribution in [-0.4, -0.2) is 29.9 Å². The monoisotopic (exact) mass is 196 g/mol. The van der Waals surface area contributed by atoms with Gasteiger partial charge in [-0.3, -0.25) is 4.79 Å². The highest BCUT2D eigenvalue weighted by atomic mass is 16.4. The van der Waals surface area contributed by atoms with Gasteiger partial charge in [-0.25, -0.2) is 4.98 Å². The van der Waals surface area contributed by atoms with Crippen molar-refractivity contribution in [1.29, 1.82) is 0 Å². The average molecular weight is 196 g/mol. The van der Waals surface area contributed by atoms with Crippen LogP contribution in [0.25, 0.3) is 0 Å². The van der Waals surface area contributed by atoms with Gasteiger partial charge in [0.25, 0.3) is 0 Å². The summed E-state index contributed by atoms with van der Waals surface area (Å²) >= 11 is 0. The van der Waals surface area contributed by atoms with Gasteiger partial charge in [0.05, 0.1) is 12.7 Å². The Morgan fingerprint density at radius 1 is 1.64 bits per heavy atom. The van der Waals surface area contributed by atoms with Crippen molar-refractivity contribution >= 4 is 5.91 Å². The van der Waals surface area contributed by atoms with Crippen molar-refractivity contribution in [1.82, 2.24) is 9.88 Å². The van der Waals surface area contributed by atoms with Crippen LogP contribution in [0.4, 0.5) is 0 Å². The van der Waals surface area contributed by atoms with Crippen LogP contribution in [0, 0.1) is 5.92 Å². The standard InChI is InChI=1S/C9H14N3O2/c1-6(8(10)13)9-11-4-7(14-9)5-12(2)3/h4H,5H2,1-3H3,(H2,10,13). The summed E-state index contributed by atoms with van der Waals surface area (Å²) in [6.07, 6.45) is 1.60. The topological polar surface area (TPSA) is 72.4 Å². The van der Waals surface area contributed by atoms with Crippen LogP contribution in [0.15, 0.2) is 10.6 Å². The smallest absolute Gasteiger partial charge is 0.234 e. The quantitative estimate of drug-likeness (QED) is 0.744. The number of oxazole rings is 1. The molecule has 0 aliphatic rings. The van der Waals surface area contributed by atoms with Crippen LogP contribution in [0.3, 0.4) is 0 Å². The van der Waals surface area contributed by atoms with Gasteiger partial charge in [-0.1, -0.05) is 0 Å². The summed E-state index contributed by atoms with van der Waals surface area (Å²) in [6.45, 7) is 2.24. The molecule has 0 aromatic carbocycles. The lowest BCUT2D eigenvalue weighted by atomic mass is 10.2. The van der Waals surface area contributed by atoms with E-state index in [9.17, 15) is 4.79 Å². The van der Waals surface area contributed by atoms with Crippen molar-refractivity contribution in [2.45, 2.75) is 13.5 Å². The van der Waals surface area contributed by atoms with Crippen molar-refractivity contribution < 1.29 is 9.21 Å². The summed E-state index contributed by atoms with van der Waals surface area (Å²) in [5.41, 5.74) is 5.09. The van der Waals surface area contributed by atoms with Gasteiger partial charge in [0.1, 0.15) is 11.7 Å². The molecule has 5 heteroatoms. The highest BCUT2D eigenvalue weighted by molar-refractivity contribution is 5.90. The molecule has 0 bridgehead atoms. The van der Waals surface area contributed by atoms with E-state index in [1.807, 2.05) is 19.0 Å². The number of carbonyl (C=O) groups excluding carboxylic acids is 1. The lowest BCUT2D eigenvalue weighted by Gasteiger charge is -2.05. The zero-order valence-electron chi connectivity index (χ0n) is 8.57. The van der Waals surface area contributed by atoms with E-state index in [1.165, 1.54) is 0 Å². The van der Waals surface area contributed by atoms with Gasteiger partial charge in [0.2, 0.25) is 11.8 Å². The lowest BCUT2D eigenvalue weighted by molar-refractivity contribution is -0.116. The zero-order valence-corrected chi connectivity index (χ0v) is 8.57. The maximum atomic E-state index is 10.8. The molecule has 0 fully saturated rings. The molecule has 1 amide bonds. The third kappa shape index (κ3) is 2.56. The normalized spacial score (nSPS) is 11.2. The highest BCUT2D eigenvalue weighted by Gasteiger charge is 2.18. The first-order valence-electron chi connectivity index (χ1n) is 4.24. The molecule has 0 aliphatic carbocycles. The summed E-state index contributed by atoms with van der Waals surface area (Å²) in [7, 11) is 3.85. The Balaban J connectivity index is 2.72. The molecule has 14 heavy (non-hydrogen) atoms.